The summed E-state index contributed by atoms with van der Waals surface area (Å²) in [4.78, 5) is 22.5. The van der Waals surface area contributed by atoms with Crippen LogP contribution in [0.1, 0.15) is 40.4 Å². The average molecular weight is 486 g/mol. The minimum Gasteiger partial charge on any atom is -0.411 e. The van der Waals surface area contributed by atoms with Crippen LogP contribution in [0.15, 0.2) is 47.4 Å². The summed E-state index contributed by atoms with van der Waals surface area (Å²) in [5.41, 5.74) is 2.82. The van der Waals surface area contributed by atoms with E-state index in [1.54, 1.807) is 35.2 Å². The lowest BCUT2D eigenvalue weighted by Gasteiger charge is -2.32. The molecule has 0 aliphatic carbocycles. The summed E-state index contributed by atoms with van der Waals surface area (Å²) in [7, 11) is 0. The van der Waals surface area contributed by atoms with Gasteiger partial charge in [0.15, 0.2) is 0 Å². The van der Waals surface area contributed by atoms with E-state index in [0.717, 1.165) is 11.9 Å². The van der Waals surface area contributed by atoms with Crippen LogP contribution >= 0.6 is 11.6 Å². The number of carbonyl (C=O) groups excluding carboxylic acids is 1. The predicted molar refractivity (Wildman–Crippen MR) is 112 cm³/mol. The van der Waals surface area contributed by atoms with E-state index < -0.39 is 18.5 Å². The minimum atomic E-state index is -2.81. The second kappa shape index (κ2) is 7.73. The number of rotatable bonds is 4. The number of hydrogen-bond acceptors (Lipinski definition) is 7. The molecule has 6 heterocycles. The van der Waals surface area contributed by atoms with Gasteiger partial charge in [0.25, 0.3) is 5.89 Å². The molecule has 0 radical (unpaired) electrons. The number of fused-ring (bicyclic) bond motifs is 2. The van der Waals surface area contributed by atoms with Crippen LogP contribution in [-0.4, -0.2) is 56.9 Å². The number of hydrogen-bond donors (Lipinski definition) is 1. The van der Waals surface area contributed by atoms with Gasteiger partial charge in [0, 0.05) is 31.1 Å². The maximum Gasteiger partial charge on any atom is 0.333 e. The van der Waals surface area contributed by atoms with Gasteiger partial charge in [-0.15, -0.1) is 10.2 Å². The van der Waals surface area contributed by atoms with E-state index in [1.165, 1.54) is 11.0 Å². The quantitative estimate of drug-likeness (QED) is 0.415. The Hall–Kier alpha value is -4.13. The van der Waals surface area contributed by atoms with Gasteiger partial charge >= 0.3 is 18.3 Å². The van der Waals surface area contributed by atoms with E-state index in [9.17, 15) is 13.6 Å². The lowest BCUT2D eigenvalue weighted by Crippen LogP contribution is -2.41. The molecule has 0 unspecified atom stereocenters. The Morgan fingerprint density at radius 1 is 1.24 bits per heavy atom. The van der Waals surface area contributed by atoms with Crippen LogP contribution in [0.4, 0.5) is 8.78 Å². The van der Waals surface area contributed by atoms with Crippen molar-refractivity contribution in [1.29, 1.82) is 0 Å². The van der Waals surface area contributed by atoms with Crippen LogP contribution in [0, 0.1) is 0 Å². The van der Waals surface area contributed by atoms with Gasteiger partial charge in [0.2, 0.25) is 0 Å². The number of imidazole rings is 1. The van der Waals surface area contributed by atoms with Crippen LogP contribution in [0.5, 0.6) is 0 Å². The van der Waals surface area contributed by atoms with Crippen molar-refractivity contribution in [2.75, 3.05) is 6.54 Å². The highest BCUT2D eigenvalue weighted by atomic mass is 35.5. The number of aromatic nitrogens is 8. The molecule has 0 aromatic carbocycles. The second-order valence-electron chi connectivity index (χ2n) is 7.54. The molecule has 172 valence electrons. The van der Waals surface area contributed by atoms with Gasteiger partial charge in [-0.25, -0.2) is 14.2 Å². The molecule has 1 amide bonds. The van der Waals surface area contributed by atoms with Gasteiger partial charge in [-0.2, -0.15) is 19.0 Å². The Morgan fingerprint density at radius 3 is 2.91 bits per heavy atom. The topological polar surface area (TPSA) is 123 Å². The first-order valence-electron chi connectivity index (χ1n) is 10.1. The van der Waals surface area contributed by atoms with Crippen LogP contribution in [-0.2, 0) is 6.42 Å². The lowest BCUT2D eigenvalue weighted by molar-refractivity contribution is 0.0566. The Kier molecular flexibility index (Phi) is 4.65. The van der Waals surface area contributed by atoms with E-state index in [1.807, 2.05) is 0 Å². The highest BCUT2D eigenvalue weighted by Gasteiger charge is 2.38. The van der Waals surface area contributed by atoms with Gasteiger partial charge in [-0.3, -0.25) is 4.79 Å². The highest BCUT2D eigenvalue weighted by Crippen LogP contribution is 2.35. The van der Waals surface area contributed by atoms with Crippen LogP contribution in [0.25, 0.3) is 17.1 Å². The van der Waals surface area contributed by atoms with Crippen molar-refractivity contribution in [3.05, 3.63) is 71.0 Å². The third kappa shape index (κ3) is 3.23. The smallest absolute Gasteiger partial charge is 0.333 e. The summed E-state index contributed by atoms with van der Waals surface area (Å²) in [5.74, 6) is -0.988. The lowest BCUT2D eigenvalue weighted by atomic mass is 9.99. The molecule has 11 nitrogen and oxygen atoms in total. The van der Waals surface area contributed by atoms with Crippen LogP contribution in [0.3, 0.4) is 0 Å². The maximum absolute atomic E-state index is 13.4. The van der Waals surface area contributed by atoms with E-state index >= 15 is 0 Å². The number of alkyl halides is 2. The molecule has 1 aliphatic heterocycles. The number of halogens is 3. The molecule has 0 bridgehead atoms. The van der Waals surface area contributed by atoms with Gasteiger partial charge in [0.05, 0.1) is 28.3 Å². The molecular weight excluding hydrogens is 472 g/mol. The molecule has 1 aliphatic rings. The molecule has 1 atom stereocenters. The van der Waals surface area contributed by atoms with Crippen LogP contribution < -0.4 is 0 Å². The van der Waals surface area contributed by atoms with Crippen molar-refractivity contribution < 1.29 is 18.0 Å². The number of carbonyl (C=O) groups is 1. The minimum absolute atomic E-state index is 0.0339. The summed E-state index contributed by atoms with van der Waals surface area (Å²) in [6.07, 6.45) is 4.94. The molecule has 5 aromatic rings. The number of aromatic amines is 1. The Labute approximate surface area is 194 Å². The number of amides is 1. The molecule has 0 saturated carbocycles. The fourth-order valence-electron chi connectivity index (χ4n) is 4.03. The highest BCUT2D eigenvalue weighted by molar-refractivity contribution is 6.33. The van der Waals surface area contributed by atoms with E-state index in [2.05, 4.69) is 30.4 Å². The Morgan fingerprint density at radius 2 is 2.12 bits per heavy atom. The number of pyridine rings is 1. The first-order valence-corrected chi connectivity index (χ1v) is 10.5. The first kappa shape index (κ1) is 20.5. The summed E-state index contributed by atoms with van der Waals surface area (Å²) in [6.45, 7) is -2.48. The van der Waals surface area contributed by atoms with Crippen molar-refractivity contribution in [3.63, 3.8) is 0 Å². The SMILES string of the molecule is O=C(c1nnc(-c2ccn(C(F)F)n2)o1)N1CCc2[nH]cnc2[C@@H]1c1cc2c(Cl)cccn2n1. The molecular formula is C20H14ClF2N9O2. The largest absolute Gasteiger partial charge is 0.411 e. The molecule has 0 saturated heterocycles. The first-order chi connectivity index (χ1) is 16.5. The monoisotopic (exact) mass is 485 g/mol. The van der Waals surface area contributed by atoms with Gasteiger partial charge < -0.3 is 14.3 Å². The third-order valence-corrected chi connectivity index (χ3v) is 5.89. The normalized spacial score (nSPS) is 15.9. The second-order valence-corrected chi connectivity index (χ2v) is 7.95. The third-order valence-electron chi connectivity index (χ3n) is 5.57. The molecule has 6 rings (SSSR count). The fourth-order valence-corrected chi connectivity index (χ4v) is 4.24. The zero-order valence-electron chi connectivity index (χ0n) is 17.1. The van der Waals surface area contributed by atoms with Gasteiger partial charge in [-0.05, 0) is 24.3 Å². The van der Waals surface area contributed by atoms with Gasteiger partial charge in [0.1, 0.15) is 11.7 Å². The average Bonchev–Trinajstić information content (AvgIpc) is 3.62. The Bertz CT molecular complexity index is 1520. The zero-order valence-corrected chi connectivity index (χ0v) is 17.9. The van der Waals surface area contributed by atoms with Crippen molar-refractivity contribution in [2.24, 2.45) is 0 Å². The number of nitrogens with one attached hydrogen (secondary N) is 1. The molecule has 0 spiro atoms. The van der Waals surface area contributed by atoms with Crippen LogP contribution in [0.2, 0.25) is 5.02 Å². The van der Waals surface area contributed by atoms with Gasteiger partial charge in [-0.1, -0.05) is 11.6 Å². The standard InChI is InChI=1S/C20H14ClF2N9O2/c21-10-2-1-5-31-14(10)8-13(29-31)16-15-11(24-9-25-15)3-6-30(16)19(33)18-27-26-17(34-18)12-4-7-32(28-12)20(22)23/h1-2,4-5,7-9,16,20H,3,6H2,(H,24,25)/t16-/m0/s1. The summed E-state index contributed by atoms with van der Waals surface area (Å²) in [6, 6.07) is 5.99. The van der Waals surface area contributed by atoms with Crippen molar-refractivity contribution >= 4 is 23.0 Å². The van der Waals surface area contributed by atoms with Crippen molar-refractivity contribution in [1.82, 2.24) is 44.5 Å². The molecule has 1 N–H and O–H groups in total. The van der Waals surface area contributed by atoms with Crippen molar-refractivity contribution in [2.45, 2.75) is 19.0 Å². The van der Waals surface area contributed by atoms with E-state index in [4.69, 9.17) is 16.0 Å². The predicted octanol–water partition coefficient (Wildman–Crippen LogP) is 3.14. The molecule has 14 heteroatoms. The summed E-state index contributed by atoms with van der Waals surface area (Å²) in [5, 5.41) is 16.5. The summed E-state index contributed by atoms with van der Waals surface area (Å²) >= 11 is 6.31. The fraction of sp³-hybridized carbons (Fsp3) is 0.200. The van der Waals surface area contributed by atoms with Crippen molar-refractivity contribution in [3.8, 4) is 11.6 Å². The number of nitrogens with zero attached hydrogens (tertiary/aromatic N) is 8. The Balaban J connectivity index is 1.37. The zero-order chi connectivity index (χ0) is 23.4. The number of H-pyrrole nitrogens is 1. The van der Waals surface area contributed by atoms with E-state index in [0.29, 0.717) is 39.6 Å². The molecule has 0 fully saturated rings. The molecule has 34 heavy (non-hydrogen) atoms. The maximum atomic E-state index is 13.4. The molecule has 5 aromatic heterocycles. The summed E-state index contributed by atoms with van der Waals surface area (Å²) < 4.78 is 33.2. The van der Waals surface area contributed by atoms with E-state index in [-0.39, 0.29) is 17.5 Å².